The molecular weight excluding hydrogens is 382 g/mol. The van der Waals surface area contributed by atoms with Gasteiger partial charge in [-0.2, -0.15) is 0 Å². The molecule has 30 heavy (non-hydrogen) atoms. The van der Waals surface area contributed by atoms with Crippen LogP contribution in [0.2, 0.25) is 0 Å². The molecule has 0 saturated carbocycles. The number of nitrogens with zero attached hydrogens (tertiary/aromatic N) is 3. The van der Waals surface area contributed by atoms with E-state index in [1.54, 1.807) is 16.2 Å². The molecule has 2 heterocycles. The first-order chi connectivity index (χ1) is 14.5. The SMILES string of the molecule is CCOc1cc2c(cc1OCC)CN(C(=O)Cn1c(=O)n(C)c3ccccc31)CC2. The number of rotatable bonds is 6. The van der Waals surface area contributed by atoms with Crippen molar-refractivity contribution in [3.05, 3.63) is 58.0 Å². The van der Waals surface area contributed by atoms with Crippen molar-refractivity contribution in [2.24, 2.45) is 7.05 Å². The molecular formula is C23H27N3O4. The van der Waals surface area contributed by atoms with Crippen molar-refractivity contribution >= 4 is 16.9 Å². The van der Waals surface area contributed by atoms with Crippen LogP contribution in [0, 0.1) is 0 Å². The smallest absolute Gasteiger partial charge is 0.329 e. The van der Waals surface area contributed by atoms with Crippen LogP contribution in [0.5, 0.6) is 11.5 Å². The molecule has 7 heteroatoms. The maximum atomic E-state index is 13.1. The van der Waals surface area contributed by atoms with Crippen LogP contribution in [0.1, 0.15) is 25.0 Å². The number of hydrogen-bond donors (Lipinski definition) is 0. The van der Waals surface area contributed by atoms with Gasteiger partial charge in [-0.3, -0.25) is 13.9 Å². The fourth-order valence-electron chi connectivity index (χ4n) is 4.06. The van der Waals surface area contributed by atoms with E-state index in [2.05, 4.69) is 0 Å². The number of para-hydroxylation sites is 2. The number of carbonyl (C=O) groups is 1. The summed E-state index contributed by atoms with van der Waals surface area (Å²) in [6, 6.07) is 11.5. The zero-order valence-corrected chi connectivity index (χ0v) is 17.7. The number of amides is 1. The van der Waals surface area contributed by atoms with Crippen molar-refractivity contribution in [2.45, 2.75) is 33.4 Å². The molecule has 0 atom stereocenters. The molecule has 0 spiro atoms. The molecule has 1 amide bonds. The van der Waals surface area contributed by atoms with E-state index in [4.69, 9.17) is 9.47 Å². The summed E-state index contributed by atoms with van der Waals surface area (Å²) in [4.78, 5) is 27.5. The number of hydrogen-bond acceptors (Lipinski definition) is 4. The highest BCUT2D eigenvalue weighted by Crippen LogP contribution is 2.34. The van der Waals surface area contributed by atoms with Crippen molar-refractivity contribution in [1.29, 1.82) is 0 Å². The molecule has 0 unspecified atom stereocenters. The van der Waals surface area contributed by atoms with E-state index >= 15 is 0 Å². The van der Waals surface area contributed by atoms with Crippen LogP contribution in [0.15, 0.2) is 41.2 Å². The Morgan fingerprint density at radius 2 is 1.63 bits per heavy atom. The Morgan fingerprint density at radius 3 is 2.30 bits per heavy atom. The molecule has 0 bridgehead atoms. The summed E-state index contributed by atoms with van der Waals surface area (Å²) in [5.41, 5.74) is 3.65. The lowest BCUT2D eigenvalue weighted by atomic mass is 9.98. The minimum atomic E-state index is -0.179. The van der Waals surface area contributed by atoms with E-state index in [0.717, 1.165) is 28.8 Å². The van der Waals surface area contributed by atoms with Crippen molar-refractivity contribution in [1.82, 2.24) is 14.0 Å². The third-order valence-corrected chi connectivity index (χ3v) is 5.58. The van der Waals surface area contributed by atoms with Gasteiger partial charge < -0.3 is 14.4 Å². The monoisotopic (exact) mass is 409 g/mol. The van der Waals surface area contributed by atoms with E-state index in [1.807, 2.05) is 55.1 Å². The van der Waals surface area contributed by atoms with Gasteiger partial charge in [0.15, 0.2) is 11.5 Å². The van der Waals surface area contributed by atoms with Gasteiger partial charge in [-0.05, 0) is 55.7 Å². The van der Waals surface area contributed by atoms with Crippen LogP contribution in [0.25, 0.3) is 11.0 Å². The fourth-order valence-corrected chi connectivity index (χ4v) is 4.06. The van der Waals surface area contributed by atoms with Gasteiger partial charge in [-0.15, -0.1) is 0 Å². The Hall–Kier alpha value is -3.22. The minimum absolute atomic E-state index is 0.0326. The average Bonchev–Trinajstić information content (AvgIpc) is 2.99. The topological polar surface area (TPSA) is 65.7 Å². The maximum absolute atomic E-state index is 13.1. The summed E-state index contributed by atoms with van der Waals surface area (Å²) in [7, 11) is 1.73. The number of aryl methyl sites for hydroxylation is 1. The molecule has 4 rings (SSSR count). The Balaban J connectivity index is 1.58. The number of ether oxygens (including phenoxy) is 2. The number of benzene rings is 2. The summed E-state index contributed by atoms with van der Waals surface area (Å²) in [5, 5.41) is 0. The fraction of sp³-hybridized carbons (Fsp3) is 0.391. The quantitative estimate of drug-likeness (QED) is 0.628. The maximum Gasteiger partial charge on any atom is 0.329 e. The van der Waals surface area contributed by atoms with Crippen molar-refractivity contribution < 1.29 is 14.3 Å². The molecule has 0 aliphatic carbocycles. The molecule has 1 aromatic heterocycles. The normalized spacial score (nSPS) is 13.4. The van der Waals surface area contributed by atoms with E-state index < -0.39 is 0 Å². The minimum Gasteiger partial charge on any atom is -0.490 e. The summed E-state index contributed by atoms with van der Waals surface area (Å²) in [5.74, 6) is 1.39. The highest BCUT2D eigenvalue weighted by atomic mass is 16.5. The average molecular weight is 409 g/mol. The summed E-state index contributed by atoms with van der Waals surface area (Å²) < 4.78 is 14.6. The molecule has 7 nitrogen and oxygen atoms in total. The van der Waals surface area contributed by atoms with Gasteiger partial charge in [0.2, 0.25) is 5.91 Å². The molecule has 0 radical (unpaired) electrons. The molecule has 0 fully saturated rings. The Morgan fingerprint density at radius 1 is 1.00 bits per heavy atom. The molecule has 2 aromatic carbocycles. The van der Waals surface area contributed by atoms with Gasteiger partial charge in [0, 0.05) is 20.1 Å². The van der Waals surface area contributed by atoms with E-state index in [0.29, 0.717) is 32.1 Å². The molecule has 0 N–H and O–H groups in total. The first kappa shape index (κ1) is 20.1. The van der Waals surface area contributed by atoms with E-state index in [1.165, 1.54) is 5.56 Å². The molecule has 1 aliphatic heterocycles. The highest BCUT2D eigenvalue weighted by Gasteiger charge is 2.24. The van der Waals surface area contributed by atoms with Crippen LogP contribution >= 0.6 is 0 Å². The van der Waals surface area contributed by atoms with Gasteiger partial charge in [0.05, 0.1) is 24.2 Å². The first-order valence-corrected chi connectivity index (χ1v) is 10.4. The third-order valence-electron chi connectivity index (χ3n) is 5.58. The van der Waals surface area contributed by atoms with Gasteiger partial charge in [0.1, 0.15) is 6.54 Å². The Kier molecular flexibility index (Phi) is 5.53. The second-order valence-corrected chi connectivity index (χ2v) is 7.42. The Bertz CT molecular complexity index is 1150. The van der Waals surface area contributed by atoms with Crippen molar-refractivity contribution in [2.75, 3.05) is 19.8 Å². The van der Waals surface area contributed by atoms with Crippen LogP contribution in [0.3, 0.4) is 0 Å². The summed E-state index contributed by atoms with van der Waals surface area (Å²) in [6.45, 7) is 6.16. The highest BCUT2D eigenvalue weighted by molar-refractivity contribution is 5.81. The zero-order valence-electron chi connectivity index (χ0n) is 17.7. The van der Waals surface area contributed by atoms with Crippen LogP contribution < -0.4 is 15.2 Å². The standard InChI is InChI=1S/C23H27N3O4/c1-4-29-20-12-16-10-11-25(14-17(16)13-21(20)30-5-2)22(27)15-26-19-9-7-6-8-18(19)24(3)23(26)28/h6-9,12-13H,4-5,10-11,14-15H2,1-3H3. The van der Waals surface area contributed by atoms with E-state index in [-0.39, 0.29) is 18.1 Å². The van der Waals surface area contributed by atoms with Gasteiger partial charge in [-0.25, -0.2) is 4.79 Å². The molecule has 0 saturated heterocycles. The second-order valence-electron chi connectivity index (χ2n) is 7.42. The third kappa shape index (κ3) is 3.56. The second kappa shape index (κ2) is 8.26. The first-order valence-electron chi connectivity index (χ1n) is 10.4. The van der Waals surface area contributed by atoms with Gasteiger partial charge in [0.25, 0.3) is 0 Å². The lowest BCUT2D eigenvalue weighted by Gasteiger charge is -2.30. The number of aromatic nitrogens is 2. The van der Waals surface area contributed by atoms with Crippen molar-refractivity contribution in [3.63, 3.8) is 0 Å². The van der Waals surface area contributed by atoms with Crippen LogP contribution in [-0.2, 0) is 31.4 Å². The predicted molar refractivity (Wildman–Crippen MR) is 115 cm³/mol. The van der Waals surface area contributed by atoms with Gasteiger partial charge in [-0.1, -0.05) is 12.1 Å². The lowest BCUT2D eigenvalue weighted by molar-refractivity contribution is -0.132. The van der Waals surface area contributed by atoms with E-state index in [9.17, 15) is 9.59 Å². The summed E-state index contributed by atoms with van der Waals surface area (Å²) in [6.07, 6.45) is 0.748. The lowest BCUT2D eigenvalue weighted by Crippen LogP contribution is -2.39. The number of fused-ring (bicyclic) bond motifs is 2. The predicted octanol–water partition coefficient (Wildman–Crippen LogP) is 2.72. The molecule has 158 valence electrons. The summed E-state index contributed by atoms with van der Waals surface area (Å²) >= 11 is 0. The van der Waals surface area contributed by atoms with Crippen LogP contribution in [-0.4, -0.2) is 39.7 Å². The van der Waals surface area contributed by atoms with Crippen LogP contribution in [0.4, 0.5) is 0 Å². The molecule has 3 aromatic rings. The molecule has 1 aliphatic rings. The van der Waals surface area contributed by atoms with Crippen molar-refractivity contribution in [3.8, 4) is 11.5 Å². The number of imidazole rings is 1. The Labute approximate surface area is 175 Å². The number of carbonyl (C=O) groups excluding carboxylic acids is 1. The zero-order chi connectivity index (χ0) is 21.3. The largest absolute Gasteiger partial charge is 0.490 e. The van der Waals surface area contributed by atoms with Gasteiger partial charge >= 0.3 is 5.69 Å².